The minimum absolute atomic E-state index is 0.0611. The fraction of sp³-hybridized carbons (Fsp3) is 0.385. The molecule has 0 unspecified atom stereocenters. The molecule has 0 atom stereocenters. The van der Waals surface area contributed by atoms with Crippen LogP contribution < -0.4 is 5.32 Å². The first-order chi connectivity index (χ1) is 8.68. The molecule has 0 aliphatic carbocycles. The summed E-state index contributed by atoms with van der Waals surface area (Å²) in [6.45, 7) is 2.01. The Kier molecular flexibility index (Phi) is 3.82. The van der Waals surface area contributed by atoms with Gasteiger partial charge in [-0.25, -0.2) is 9.59 Å². The highest BCUT2D eigenvalue weighted by Gasteiger charge is 2.17. The topological polar surface area (TPSA) is 69.6 Å². The minimum Gasteiger partial charge on any atom is -0.478 e. The summed E-state index contributed by atoms with van der Waals surface area (Å²) >= 11 is 0. The molecule has 1 aromatic rings. The number of hydrogen-bond donors (Lipinski definition) is 2. The molecule has 0 saturated carbocycles. The van der Waals surface area contributed by atoms with E-state index in [0.717, 1.165) is 25.1 Å². The smallest absolute Gasteiger partial charge is 0.335 e. The monoisotopic (exact) mass is 248 g/mol. The first kappa shape index (κ1) is 12.4. The van der Waals surface area contributed by atoms with E-state index in [2.05, 4.69) is 5.32 Å². The van der Waals surface area contributed by atoms with Gasteiger partial charge < -0.3 is 15.3 Å². The van der Waals surface area contributed by atoms with Gasteiger partial charge in [0.15, 0.2) is 0 Å². The van der Waals surface area contributed by atoms with Crippen LogP contribution in [0.3, 0.4) is 0 Å². The summed E-state index contributed by atoms with van der Waals surface area (Å²) in [6.07, 6.45) is 1.50. The third kappa shape index (κ3) is 2.80. The van der Waals surface area contributed by atoms with Crippen molar-refractivity contribution in [1.82, 2.24) is 10.2 Å². The second kappa shape index (κ2) is 5.53. The lowest BCUT2D eigenvalue weighted by molar-refractivity contribution is 0.0695. The maximum absolute atomic E-state index is 11.5. The fourth-order valence-corrected chi connectivity index (χ4v) is 2.09. The van der Waals surface area contributed by atoms with Crippen molar-refractivity contribution in [3.8, 4) is 0 Å². The van der Waals surface area contributed by atoms with Crippen LogP contribution in [0.25, 0.3) is 0 Å². The summed E-state index contributed by atoms with van der Waals surface area (Å²) in [6, 6.07) is 6.85. The van der Waals surface area contributed by atoms with Crippen molar-refractivity contribution in [3.05, 3.63) is 35.4 Å². The molecule has 5 heteroatoms. The van der Waals surface area contributed by atoms with Crippen LogP contribution in [0, 0.1) is 0 Å². The number of benzene rings is 1. The SMILES string of the molecule is O=C(O)c1ccccc1CCN1CCCNC1=O. The van der Waals surface area contributed by atoms with E-state index in [-0.39, 0.29) is 6.03 Å². The number of carbonyl (C=O) groups excluding carboxylic acids is 1. The van der Waals surface area contributed by atoms with Gasteiger partial charge in [0.1, 0.15) is 0 Å². The van der Waals surface area contributed by atoms with E-state index in [1.54, 1.807) is 23.1 Å². The molecule has 2 N–H and O–H groups in total. The Hall–Kier alpha value is -2.04. The molecule has 0 spiro atoms. The average Bonchev–Trinajstić information content (AvgIpc) is 2.38. The highest BCUT2D eigenvalue weighted by molar-refractivity contribution is 5.89. The summed E-state index contributed by atoms with van der Waals surface area (Å²) < 4.78 is 0. The second-order valence-corrected chi connectivity index (χ2v) is 4.28. The molecule has 96 valence electrons. The molecule has 2 amide bonds. The van der Waals surface area contributed by atoms with Gasteiger partial charge in [-0.15, -0.1) is 0 Å². The van der Waals surface area contributed by atoms with Crippen LogP contribution in [0.2, 0.25) is 0 Å². The average molecular weight is 248 g/mol. The zero-order chi connectivity index (χ0) is 13.0. The number of aromatic carboxylic acids is 1. The summed E-state index contributed by atoms with van der Waals surface area (Å²) in [7, 11) is 0. The van der Waals surface area contributed by atoms with E-state index in [1.807, 2.05) is 6.07 Å². The largest absolute Gasteiger partial charge is 0.478 e. The van der Waals surface area contributed by atoms with Crippen LogP contribution >= 0.6 is 0 Å². The molecule has 0 radical (unpaired) electrons. The predicted molar refractivity (Wildman–Crippen MR) is 66.7 cm³/mol. The number of urea groups is 1. The third-order valence-corrected chi connectivity index (χ3v) is 3.07. The Morgan fingerprint density at radius 2 is 2.17 bits per heavy atom. The number of nitrogens with zero attached hydrogens (tertiary/aromatic N) is 1. The molecular formula is C13H16N2O3. The van der Waals surface area contributed by atoms with Crippen LogP contribution in [0.1, 0.15) is 22.3 Å². The van der Waals surface area contributed by atoms with Crippen molar-refractivity contribution in [3.63, 3.8) is 0 Å². The van der Waals surface area contributed by atoms with Crippen LogP contribution in [0.4, 0.5) is 4.79 Å². The van der Waals surface area contributed by atoms with E-state index in [4.69, 9.17) is 5.11 Å². The summed E-state index contributed by atoms with van der Waals surface area (Å²) in [5, 5.41) is 11.8. The van der Waals surface area contributed by atoms with Gasteiger partial charge in [0.05, 0.1) is 5.56 Å². The Balaban J connectivity index is 2.01. The number of nitrogens with one attached hydrogen (secondary N) is 1. The zero-order valence-electron chi connectivity index (χ0n) is 10.1. The maximum Gasteiger partial charge on any atom is 0.335 e. The third-order valence-electron chi connectivity index (χ3n) is 3.07. The number of amides is 2. The fourth-order valence-electron chi connectivity index (χ4n) is 2.09. The Labute approximate surface area is 105 Å². The lowest BCUT2D eigenvalue weighted by atomic mass is 10.0. The number of hydrogen-bond acceptors (Lipinski definition) is 2. The van der Waals surface area contributed by atoms with Crippen molar-refractivity contribution >= 4 is 12.0 Å². The summed E-state index contributed by atoms with van der Waals surface area (Å²) in [5.74, 6) is -0.923. The van der Waals surface area contributed by atoms with E-state index < -0.39 is 5.97 Å². The van der Waals surface area contributed by atoms with Gasteiger partial charge >= 0.3 is 12.0 Å². The van der Waals surface area contributed by atoms with Gasteiger partial charge in [-0.1, -0.05) is 18.2 Å². The Morgan fingerprint density at radius 1 is 1.39 bits per heavy atom. The zero-order valence-corrected chi connectivity index (χ0v) is 10.1. The maximum atomic E-state index is 11.5. The Morgan fingerprint density at radius 3 is 2.89 bits per heavy atom. The van der Waals surface area contributed by atoms with Crippen molar-refractivity contribution in [2.45, 2.75) is 12.8 Å². The highest BCUT2D eigenvalue weighted by Crippen LogP contribution is 2.11. The molecule has 2 rings (SSSR count). The summed E-state index contributed by atoms with van der Waals surface area (Å²) in [4.78, 5) is 24.3. The molecule has 1 aliphatic rings. The van der Waals surface area contributed by atoms with Crippen LogP contribution in [-0.4, -0.2) is 41.6 Å². The van der Waals surface area contributed by atoms with E-state index >= 15 is 0 Å². The van der Waals surface area contributed by atoms with Gasteiger partial charge in [0.2, 0.25) is 0 Å². The molecule has 1 aromatic carbocycles. The van der Waals surface area contributed by atoms with E-state index in [0.29, 0.717) is 18.5 Å². The standard InChI is InChI=1S/C13H16N2O3/c16-12(17)11-5-2-1-4-10(11)6-9-15-8-3-7-14-13(15)18/h1-2,4-5H,3,6-9H2,(H,14,18)(H,16,17). The van der Waals surface area contributed by atoms with Gasteiger partial charge in [-0.2, -0.15) is 0 Å². The number of rotatable bonds is 4. The Bertz CT molecular complexity index is 459. The lowest BCUT2D eigenvalue weighted by Gasteiger charge is -2.27. The van der Waals surface area contributed by atoms with Crippen LogP contribution in [0.15, 0.2) is 24.3 Å². The number of carbonyl (C=O) groups is 2. The molecule has 1 saturated heterocycles. The van der Waals surface area contributed by atoms with Gasteiger partial charge in [-0.3, -0.25) is 0 Å². The van der Waals surface area contributed by atoms with Crippen molar-refractivity contribution in [2.75, 3.05) is 19.6 Å². The van der Waals surface area contributed by atoms with Gasteiger partial charge in [0, 0.05) is 19.6 Å². The van der Waals surface area contributed by atoms with E-state index in [1.165, 1.54) is 0 Å². The molecule has 1 fully saturated rings. The lowest BCUT2D eigenvalue weighted by Crippen LogP contribution is -2.47. The predicted octanol–water partition coefficient (Wildman–Crippen LogP) is 1.34. The normalized spacial score (nSPS) is 15.3. The van der Waals surface area contributed by atoms with Gasteiger partial charge in [0.25, 0.3) is 0 Å². The first-order valence-corrected chi connectivity index (χ1v) is 6.02. The molecule has 1 heterocycles. The van der Waals surface area contributed by atoms with Crippen molar-refractivity contribution in [1.29, 1.82) is 0 Å². The molecular weight excluding hydrogens is 232 g/mol. The highest BCUT2D eigenvalue weighted by atomic mass is 16.4. The minimum atomic E-state index is -0.923. The van der Waals surface area contributed by atoms with Crippen LogP contribution in [-0.2, 0) is 6.42 Å². The van der Waals surface area contributed by atoms with Crippen LogP contribution in [0.5, 0.6) is 0 Å². The molecule has 5 nitrogen and oxygen atoms in total. The first-order valence-electron chi connectivity index (χ1n) is 6.02. The second-order valence-electron chi connectivity index (χ2n) is 4.28. The number of carboxylic acids is 1. The number of carboxylic acid groups (broad SMARTS) is 1. The molecule has 1 aliphatic heterocycles. The molecule has 0 bridgehead atoms. The van der Waals surface area contributed by atoms with Crippen molar-refractivity contribution in [2.24, 2.45) is 0 Å². The summed E-state index contributed by atoms with van der Waals surface area (Å²) in [5.41, 5.74) is 1.08. The molecule has 0 aromatic heterocycles. The van der Waals surface area contributed by atoms with E-state index in [9.17, 15) is 9.59 Å². The quantitative estimate of drug-likeness (QED) is 0.844. The van der Waals surface area contributed by atoms with Gasteiger partial charge in [-0.05, 0) is 24.5 Å². The van der Waals surface area contributed by atoms with Crippen molar-refractivity contribution < 1.29 is 14.7 Å². The molecule has 18 heavy (non-hydrogen) atoms.